The van der Waals surface area contributed by atoms with E-state index in [9.17, 15) is 4.79 Å². The minimum Gasteiger partial charge on any atom is -0.388 e. The molecule has 0 atom stereocenters. The van der Waals surface area contributed by atoms with Gasteiger partial charge >= 0.3 is 0 Å². The number of anilines is 1. The molecular weight excluding hydrogens is 360 g/mol. The van der Waals surface area contributed by atoms with Crippen LogP contribution in [0, 0.1) is 6.92 Å². The van der Waals surface area contributed by atoms with Gasteiger partial charge < -0.3 is 5.32 Å². The van der Waals surface area contributed by atoms with Gasteiger partial charge in [0, 0.05) is 30.6 Å². The Morgan fingerprint density at radius 2 is 1.76 bits per heavy atom. The van der Waals surface area contributed by atoms with Crippen LogP contribution in [0.2, 0.25) is 0 Å². The molecule has 0 aliphatic rings. The first kappa shape index (κ1) is 20.3. The highest BCUT2D eigenvalue weighted by atomic mass is 16.1. The molecule has 2 aromatic carbocycles. The summed E-state index contributed by atoms with van der Waals surface area (Å²) >= 11 is 0. The second kappa shape index (κ2) is 9.64. The van der Waals surface area contributed by atoms with Crippen molar-refractivity contribution in [3.8, 4) is 11.3 Å². The minimum absolute atomic E-state index is 0.391. The van der Waals surface area contributed by atoms with E-state index in [0.717, 1.165) is 17.5 Å². The Morgan fingerprint density at radius 3 is 2.38 bits per heavy atom. The second-order valence-corrected chi connectivity index (χ2v) is 6.85. The molecule has 0 saturated carbocycles. The number of nitrogens with one attached hydrogen (secondary N) is 1. The maximum Gasteiger partial charge on any atom is 0.170 e. The number of aromatic nitrogens is 3. The van der Waals surface area contributed by atoms with Crippen LogP contribution in [0.4, 0.5) is 5.69 Å². The van der Waals surface area contributed by atoms with E-state index in [4.69, 9.17) is 0 Å². The topological polar surface area (TPSA) is 59.3 Å². The lowest BCUT2D eigenvalue weighted by molar-refractivity contribution is 0.111. The van der Waals surface area contributed by atoms with Crippen LogP contribution in [0.3, 0.4) is 0 Å². The number of benzene rings is 2. The van der Waals surface area contributed by atoms with Crippen LogP contribution in [-0.2, 0) is 6.42 Å². The van der Waals surface area contributed by atoms with Crippen LogP contribution in [0.15, 0.2) is 66.9 Å². The maximum atomic E-state index is 10.8. The monoisotopic (exact) mass is 386 g/mol. The fourth-order valence-electron chi connectivity index (χ4n) is 3.04. The van der Waals surface area contributed by atoms with Crippen LogP contribution in [0.1, 0.15) is 35.0 Å². The summed E-state index contributed by atoms with van der Waals surface area (Å²) in [5.41, 5.74) is 6.85. The molecular formula is C24H26N4O. The Labute approximate surface area is 171 Å². The molecule has 0 bridgehead atoms. The van der Waals surface area contributed by atoms with E-state index in [1.54, 1.807) is 16.8 Å². The summed E-state index contributed by atoms with van der Waals surface area (Å²) in [5.74, 6) is 0. The minimum atomic E-state index is 0.391. The highest BCUT2D eigenvalue weighted by molar-refractivity contribution is 5.75. The first-order valence-electron chi connectivity index (χ1n) is 9.78. The summed E-state index contributed by atoms with van der Waals surface area (Å²) in [4.78, 5) is 15.0. The zero-order chi connectivity index (χ0) is 20.6. The van der Waals surface area contributed by atoms with E-state index < -0.39 is 0 Å². The highest BCUT2D eigenvalue weighted by Gasteiger charge is 2.07. The molecule has 0 spiro atoms. The van der Waals surface area contributed by atoms with E-state index in [1.165, 1.54) is 29.7 Å². The highest BCUT2D eigenvalue weighted by Crippen LogP contribution is 2.20. The van der Waals surface area contributed by atoms with Gasteiger partial charge in [-0.15, -0.1) is 0 Å². The van der Waals surface area contributed by atoms with Crippen LogP contribution in [-0.4, -0.2) is 27.9 Å². The van der Waals surface area contributed by atoms with E-state index in [0.29, 0.717) is 11.3 Å². The molecule has 1 N–H and O–H groups in total. The van der Waals surface area contributed by atoms with E-state index in [-0.39, 0.29) is 0 Å². The van der Waals surface area contributed by atoms with Crippen molar-refractivity contribution in [1.29, 1.82) is 0 Å². The first-order valence-corrected chi connectivity index (χ1v) is 9.78. The fourth-order valence-corrected chi connectivity index (χ4v) is 3.04. The predicted octanol–water partition coefficient (Wildman–Crippen LogP) is 5.20. The van der Waals surface area contributed by atoms with Crippen LogP contribution in [0.25, 0.3) is 16.9 Å². The molecule has 5 nitrogen and oxygen atoms in total. The Balaban J connectivity index is 0.000000188. The van der Waals surface area contributed by atoms with Crippen molar-refractivity contribution in [3.63, 3.8) is 0 Å². The number of fused-ring (bicyclic) bond motifs is 1. The molecule has 0 fully saturated rings. The molecule has 0 aliphatic carbocycles. The summed E-state index contributed by atoms with van der Waals surface area (Å²) in [7, 11) is 1.94. The van der Waals surface area contributed by atoms with Gasteiger partial charge in [0.25, 0.3) is 0 Å². The van der Waals surface area contributed by atoms with Crippen molar-refractivity contribution in [1.82, 2.24) is 14.6 Å². The summed E-state index contributed by atoms with van der Waals surface area (Å²) in [6.07, 6.45) is 4.86. The molecule has 0 amide bonds. The van der Waals surface area contributed by atoms with Crippen molar-refractivity contribution in [2.45, 2.75) is 26.7 Å². The fraction of sp³-hybridized carbons (Fsp3) is 0.208. The number of aryl methyl sites for hydroxylation is 2. The third-order valence-electron chi connectivity index (χ3n) is 4.63. The summed E-state index contributed by atoms with van der Waals surface area (Å²) in [5, 5.41) is 7.31. The number of hydrogen-bond donors (Lipinski definition) is 1. The lowest BCUT2D eigenvalue weighted by Gasteiger charge is -2.04. The van der Waals surface area contributed by atoms with E-state index in [1.807, 2.05) is 44.3 Å². The number of nitrogens with zero attached hydrogens (tertiary/aromatic N) is 3. The smallest absolute Gasteiger partial charge is 0.170 e. The van der Waals surface area contributed by atoms with Crippen LogP contribution < -0.4 is 5.32 Å². The van der Waals surface area contributed by atoms with Crippen molar-refractivity contribution in [2.24, 2.45) is 0 Å². The molecule has 4 aromatic rings. The summed E-state index contributed by atoms with van der Waals surface area (Å²) in [6, 6.07) is 20.3. The SMILES string of the molecule is CCCc1ccc(NC)cc1.Cc1ccc(-c2ccnc3cc(C=O)nn23)cc1. The quantitative estimate of drug-likeness (QED) is 0.479. The first-order chi connectivity index (χ1) is 14.1. The average molecular weight is 386 g/mol. The van der Waals surface area contributed by atoms with Gasteiger partial charge in [0.1, 0.15) is 5.69 Å². The van der Waals surface area contributed by atoms with Crippen molar-refractivity contribution in [3.05, 3.63) is 83.7 Å². The van der Waals surface area contributed by atoms with Crippen LogP contribution in [0.5, 0.6) is 0 Å². The van der Waals surface area contributed by atoms with Crippen LogP contribution >= 0.6 is 0 Å². The zero-order valence-electron chi connectivity index (χ0n) is 17.1. The summed E-state index contributed by atoms with van der Waals surface area (Å²) in [6.45, 7) is 4.25. The number of carbonyl (C=O) groups excluding carboxylic acids is 1. The molecule has 4 rings (SSSR count). The maximum absolute atomic E-state index is 10.8. The second-order valence-electron chi connectivity index (χ2n) is 6.85. The Kier molecular flexibility index (Phi) is 6.74. The normalized spacial score (nSPS) is 10.3. The molecule has 0 aliphatic heterocycles. The van der Waals surface area contributed by atoms with Gasteiger partial charge in [-0.05, 0) is 37.1 Å². The zero-order valence-corrected chi connectivity index (χ0v) is 17.1. The molecule has 0 radical (unpaired) electrons. The molecule has 148 valence electrons. The predicted molar refractivity (Wildman–Crippen MR) is 119 cm³/mol. The molecule has 0 saturated heterocycles. The van der Waals surface area contributed by atoms with Gasteiger partial charge in [-0.1, -0.05) is 55.3 Å². The van der Waals surface area contributed by atoms with Gasteiger partial charge in [0.2, 0.25) is 0 Å². The molecule has 5 heteroatoms. The molecule has 29 heavy (non-hydrogen) atoms. The average Bonchev–Trinajstić information content (AvgIpc) is 3.19. The number of rotatable bonds is 5. The van der Waals surface area contributed by atoms with Gasteiger partial charge in [-0.2, -0.15) is 5.10 Å². The van der Waals surface area contributed by atoms with Gasteiger partial charge in [0.05, 0.1) is 5.69 Å². The Morgan fingerprint density at radius 1 is 1.03 bits per heavy atom. The lowest BCUT2D eigenvalue weighted by Crippen LogP contribution is -1.96. The number of aldehydes is 1. The van der Waals surface area contributed by atoms with Gasteiger partial charge in [0.15, 0.2) is 11.9 Å². The van der Waals surface area contributed by atoms with Gasteiger partial charge in [-0.3, -0.25) is 4.79 Å². The van der Waals surface area contributed by atoms with E-state index >= 15 is 0 Å². The third-order valence-corrected chi connectivity index (χ3v) is 4.63. The molecule has 0 unspecified atom stereocenters. The summed E-state index contributed by atoms with van der Waals surface area (Å²) < 4.78 is 1.69. The third kappa shape index (κ3) is 5.08. The Bertz CT molecular complexity index is 1070. The number of hydrogen-bond acceptors (Lipinski definition) is 4. The van der Waals surface area contributed by atoms with E-state index in [2.05, 4.69) is 46.6 Å². The number of carbonyl (C=O) groups is 1. The Hall–Kier alpha value is -3.47. The standard InChI is InChI=1S/C14H11N3O.C10H15N/c1-10-2-4-11(5-3-10)13-6-7-15-14-8-12(9-18)16-17(13)14;1-3-4-9-5-7-10(11-2)8-6-9/h2-9H,1H3;5-8,11H,3-4H2,1-2H3. The van der Waals surface area contributed by atoms with Gasteiger partial charge in [-0.25, -0.2) is 9.50 Å². The van der Waals surface area contributed by atoms with Crippen molar-refractivity contribution >= 4 is 17.6 Å². The molecule has 2 heterocycles. The largest absolute Gasteiger partial charge is 0.388 e. The lowest BCUT2D eigenvalue weighted by atomic mass is 10.1. The molecule has 2 aromatic heterocycles. The van der Waals surface area contributed by atoms with Crippen molar-refractivity contribution in [2.75, 3.05) is 12.4 Å². The van der Waals surface area contributed by atoms with Crippen molar-refractivity contribution < 1.29 is 4.79 Å².